The Morgan fingerprint density at radius 1 is 1.50 bits per heavy atom. The van der Waals surface area contributed by atoms with Crippen LogP contribution in [-0.4, -0.2) is 33.7 Å². The van der Waals surface area contributed by atoms with Crippen LogP contribution in [0.5, 0.6) is 0 Å². The molecule has 3 N–H and O–H groups in total. The van der Waals surface area contributed by atoms with E-state index in [9.17, 15) is 9.00 Å². The summed E-state index contributed by atoms with van der Waals surface area (Å²) in [6, 6.07) is 1.95. The molecule has 1 atom stereocenters. The molecule has 0 saturated carbocycles. The summed E-state index contributed by atoms with van der Waals surface area (Å²) < 4.78 is 11.0. The molecular formula is C13H17N3O2S2. The number of hydrogen-bond acceptors (Lipinski definition) is 5. The average molecular weight is 311 g/mol. The van der Waals surface area contributed by atoms with Crippen molar-refractivity contribution in [1.29, 1.82) is 0 Å². The lowest BCUT2D eigenvalue weighted by atomic mass is 10.1. The zero-order valence-electron chi connectivity index (χ0n) is 11.6. The number of hydrogen-bond donors (Lipinski definition) is 2. The Balaban J connectivity index is 2.31. The first-order chi connectivity index (χ1) is 9.40. The number of pyridine rings is 1. The number of anilines is 1. The summed E-state index contributed by atoms with van der Waals surface area (Å²) in [4.78, 5) is 17.8. The van der Waals surface area contributed by atoms with E-state index in [0.717, 1.165) is 21.5 Å². The SMILES string of the molecule is Cc1cc(C)c2c(N)c(C(=O)NCCS(C)=O)sc2n1. The molecule has 2 heterocycles. The molecule has 108 valence electrons. The van der Waals surface area contributed by atoms with E-state index < -0.39 is 10.8 Å². The second-order valence-electron chi connectivity index (χ2n) is 4.64. The molecule has 2 rings (SSSR count). The highest BCUT2D eigenvalue weighted by Gasteiger charge is 2.18. The quantitative estimate of drug-likeness (QED) is 0.898. The van der Waals surface area contributed by atoms with Gasteiger partial charge in [-0.05, 0) is 25.5 Å². The number of aromatic nitrogens is 1. The first-order valence-corrected chi connectivity index (χ1v) is 8.69. The Labute approximate surface area is 124 Å². The van der Waals surface area contributed by atoms with Gasteiger partial charge in [-0.25, -0.2) is 4.98 Å². The molecule has 2 aromatic heterocycles. The second-order valence-corrected chi connectivity index (χ2v) is 7.19. The van der Waals surface area contributed by atoms with Gasteiger partial charge < -0.3 is 11.1 Å². The van der Waals surface area contributed by atoms with Crippen molar-refractivity contribution in [3.05, 3.63) is 22.2 Å². The molecule has 0 saturated heterocycles. The van der Waals surface area contributed by atoms with E-state index >= 15 is 0 Å². The molecule has 0 aliphatic rings. The summed E-state index contributed by atoms with van der Waals surface area (Å²) in [7, 11) is -0.920. The van der Waals surface area contributed by atoms with Crippen molar-refractivity contribution in [3.8, 4) is 0 Å². The Morgan fingerprint density at radius 2 is 2.20 bits per heavy atom. The van der Waals surface area contributed by atoms with Gasteiger partial charge in [0.15, 0.2) is 0 Å². The predicted molar refractivity (Wildman–Crippen MR) is 84.8 cm³/mol. The smallest absolute Gasteiger partial charge is 0.263 e. The maximum Gasteiger partial charge on any atom is 0.263 e. The number of fused-ring (bicyclic) bond motifs is 1. The van der Waals surface area contributed by atoms with Gasteiger partial charge in [-0.15, -0.1) is 11.3 Å². The third-order valence-electron chi connectivity index (χ3n) is 2.91. The number of rotatable bonds is 4. The highest BCUT2D eigenvalue weighted by atomic mass is 32.2. The number of thiophene rings is 1. The van der Waals surface area contributed by atoms with Crippen molar-refractivity contribution in [1.82, 2.24) is 10.3 Å². The minimum Gasteiger partial charge on any atom is -0.397 e. The van der Waals surface area contributed by atoms with Gasteiger partial charge in [0.05, 0.1) is 5.69 Å². The van der Waals surface area contributed by atoms with Crippen LogP contribution < -0.4 is 11.1 Å². The lowest BCUT2D eigenvalue weighted by Crippen LogP contribution is -2.27. The van der Waals surface area contributed by atoms with Crippen molar-refractivity contribution < 1.29 is 9.00 Å². The molecule has 0 aliphatic heterocycles. The van der Waals surface area contributed by atoms with Gasteiger partial charge in [0.2, 0.25) is 0 Å². The fraction of sp³-hybridized carbons (Fsp3) is 0.385. The summed E-state index contributed by atoms with van der Waals surface area (Å²) in [6.07, 6.45) is 1.61. The zero-order chi connectivity index (χ0) is 14.9. The van der Waals surface area contributed by atoms with E-state index in [-0.39, 0.29) is 5.91 Å². The number of nitrogens with two attached hydrogens (primary N) is 1. The fourth-order valence-corrected chi connectivity index (χ4v) is 3.55. The fourth-order valence-electron chi connectivity index (χ4n) is 2.03. The van der Waals surface area contributed by atoms with Crippen LogP contribution in [0.4, 0.5) is 5.69 Å². The highest BCUT2D eigenvalue weighted by molar-refractivity contribution is 7.84. The van der Waals surface area contributed by atoms with E-state index in [0.29, 0.717) is 22.9 Å². The van der Waals surface area contributed by atoms with Crippen molar-refractivity contribution in [2.24, 2.45) is 0 Å². The van der Waals surface area contributed by atoms with Crippen molar-refractivity contribution in [2.75, 3.05) is 24.3 Å². The highest BCUT2D eigenvalue weighted by Crippen LogP contribution is 2.34. The van der Waals surface area contributed by atoms with Crippen molar-refractivity contribution >= 4 is 43.9 Å². The van der Waals surface area contributed by atoms with Gasteiger partial charge >= 0.3 is 0 Å². The minimum atomic E-state index is -0.920. The van der Waals surface area contributed by atoms with Crippen LogP contribution in [0, 0.1) is 13.8 Å². The molecule has 20 heavy (non-hydrogen) atoms. The largest absolute Gasteiger partial charge is 0.397 e. The topological polar surface area (TPSA) is 85.1 Å². The maximum absolute atomic E-state index is 12.1. The summed E-state index contributed by atoms with van der Waals surface area (Å²) in [5, 5.41) is 3.59. The summed E-state index contributed by atoms with van der Waals surface area (Å²) in [5.41, 5.74) is 8.48. The van der Waals surface area contributed by atoms with Gasteiger partial charge in [-0.1, -0.05) is 0 Å². The number of amides is 1. The lowest BCUT2D eigenvalue weighted by Gasteiger charge is -2.03. The van der Waals surface area contributed by atoms with Crippen molar-refractivity contribution in [2.45, 2.75) is 13.8 Å². The second kappa shape index (κ2) is 5.88. The van der Waals surface area contributed by atoms with Crippen LogP contribution in [0.15, 0.2) is 6.07 Å². The predicted octanol–water partition coefficient (Wildman–Crippen LogP) is 1.60. The molecule has 1 unspecified atom stereocenters. The number of aryl methyl sites for hydroxylation is 2. The summed E-state index contributed by atoms with van der Waals surface area (Å²) in [5.74, 6) is 0.209. The molecule has 0 aliphatic carbocycles. The van der Waals surface area contributed by atoms with Gasteiger partial charge in [0.25, 0.3) is 5.91 Å². The molecule has 5 nitrogen and oxygen atoms in total. The lowest BCUT2D eigenvalue weighted by molar-refractivity contribution is 0.0961. The molecular weight excluding hydrogens is 294 g/mol. The maximum atomic E-state index is 12.1. The van der Waals surface area contributed by atoms with E-state index in [1.54, 1.807) is 6.26 Å². The van der Waals surface area contributed by atoms with Gasteiger partial charge in [0.1, 0.15) is 9.71 Å². The number of carbonyl (C=O) groups is 1. The van der Waals surface area contributed by atoms with Crippen LogP contribution >= 0.6 is 11.3 Å². The minimum absolute atomic E-state index is 0.229. The first-order valence-electron chi connectivity index (χ1n) is 6.14. The molecule has 0 aromatic carbocycles. The Morgan fingerprint density at radius 3 is 2.85 bits per heavy atom. The van der Waals surface area contributed by atoms with E-state index in [1.807, 2.05) is 19.9 Å². The molecule has 0 spiro atoms. The van der Waals surface area contributed by atoms with Gasteiger partial charge in [-0.2, -0.15) is 0 Å². The van der Waals surface area contributed by atoms with Crippen molar-refractivity contribution in [3.63, 3.8) is 0 Å². The van der Waals surface area contributed by atoms with Crippen LogP contribution in [0.2, 0.25) is 0 Å². The van der Waals surface area contributed by atoms with Gasteiger partial charge in [-0.3, -0.25) is 9.00 Å². The molecule has 0 fully saturated rings. The Kier molecular flexibility index (Phi) is 4.39. The molecule has 2 aromatic rings. The normalized spacial score (nSPS) is 12.6. The Hall–Kier alpha value is -1.47. The third-order valence-corrected chi connectivity index (χ3v) is 4.78. The standard InChI is InChI=1S/C13H17N3O2S2/c1-7-6-8(2)16-13-9(7)10(14)11(19-13)12(17)15-4-5-20(3)18/h6H,4-5,14H2,1-3H3,(H,15,17). The van der Waals surface area contributed by atoms with E-state index in [2.05, 4.69) is 10.3 Å². The Bertz CT molecular complexity index is 694. The number of carbonyl (C=O) groups excluding carboxylic acids is 1. The van der Waals surface area contributed by atoms with Crippen LogP contribution in [0.1, 0.15) is 20.9 Å². The first kappa shape index (κ1) is 14.9. The van der Waals surface area contributed by atoms with Crippen LogP contribution in [-0.2, 0) is 10.8 Å². The number of nitrogens with one attached hydrogen (secondary N) is 1. The third kappa shape index (κ3) is 2.99. The molecule has 0 bridgehead atoms. The van der Waals surface area contributed by atoms with Gasteiger partial charge in [0, 0.05) is 40.4 Å². The summed E-state index contributed by atoms with van der Waals surface area (Å²) in [6.45, 7) is 4.25. The van der Waals surface area contributed by atoms with Crippen LogP contribution in [0.25, 0.3) is 10.2 Å². The van der Waals surface area contributed by atoms with E-state index in [1.165, 1.54) is 11.3 Å². The molecule has 7 heteroatoms. The number of nitrogen functional groups attached to an aromatic ring is 1. The van der Waals surface area contributed by atoms with E-state index in [4.69, 9.17) is 5.73 Å². The number of nitrogens with zero attached hydrogens (tertiary/aromatic N) is 1. The molecule has 1 amide bonds. The zero-order valence-corrected chi connectivity index (χ0v) is 13.3. The van der Waals surface area contributed by atoms with Crippen LogP contribution in [0.3, 0.4) is 0 Å². The average Bonchev–Trinajstić information content (AvgIpc) is 2.65. The molecule has 0 radical (unpaired) electrons. The summed E-state index contributed by atoms with van der Waals surface area (Å²) >= 11 is 1.30. The monoisotopic (exact) mass is 311 g/mol.